The summed E-state index contributed by atoms with van der Waals surface area (Å²) in [5.41, 5.74) is 8.20. The molecule has 4 aromatic rings. The van der Waals surface area contributed by atoms with Crippen LogP contribution in [0.5, 0.6) is 5.88 Å². The third kappa shape index (κ3) is 9.49. The SMILES string of the molecule is CC(C)S(=O)(=O)c1cccc2[nH]cc(CC(N)C(=O)NC(Cc3c[nH]cn3)C(=O)N[C@@H](CC3CCCCC3)[C@@H](O)CCOc3ccccn3)c12. The largest absolute Gasteiger partial charge is 0.478 e. The molecule has 0 radical (unpaired) electrons. The van der Waals surface area contributed by atoms with Gasteiger partial charge >= 0.3 is 0 Å². The van der Waals surface area contributed by atoms with Crippen molar-refractivity contribution in [3.05, 3.63) is 72.6 Å². The number of aliphatic hydroxyl groups is 1. The minimum absolute atomic E-state index is 0.0342. The monoisotopic (exact) mass is 707 g/mol. The summed E-state index contributed by atoms with van der Waals surface area (Å²) in [6.45, 7) is 3.46. The Morgan fingerprint density at radius 3 is 2.52 bits per heavy atom. The zero-order valence-electron chi connectivity index (χ0n) is 28.7. The van der Waals surface area contributed by atoms with Crippen LogP contribution in [0.3, 0.4) is 0 Å². The molecule has 3 aromatic heterocycles. The number of pyridine rings is 1. The lowest BCUT2D eigenvalue weighted by molar-refractivity contribution is -0.130. The van der Waals surface area contributed by atoms with Gasteiger partial charge in [-0.25, -0.2) is 18.4 Å². The zero-order valence-corrected chi connectivity index (χ0v) is 29.5. The molecule has 1 fully saturated rings. The predicted molar refractivity (Wildman–Crippen MR) is 190 cm³/mol. The molecular formula is C36H49N7O6S. The van der Waals surface area contributed by atoms with Crippen LogP contribution in [0.25, 0.3) is 10.9 Å². The summed E-state index contributed by atoms with van der Waals surface area (Å²) in [7, 11) is -3.62. The molecule has 1 aliphatic rings. The van der Waals surface area contributed by atoms with Crippen LogP contribution in [-0.4, -0.2) is 81.4 Å². The Bertz CT molecular complexity index is 1790. The molecule has 7 N–H and O–H groups in total. The van der Waals surface area contributed by atoms with Crippen molar-refractivity contribution < 1.29 is 27.9 Å². The lowest BCUT2D eigenvalue weighted by atomic mass is 9.83. The normalized spacial score (nSPS) is 16.5. The maximum absolute atomic E-state index is 14.0. The van der Waals surface area contributed by atoms with Crippen molar-refractivity contribution in [3.8, 4) is 5.88 Å². The number of hydrogen-bond acceptors (Lipinski definition) is 9. The fourth-order valence-electron chi connectivity index (χ4n) is 6.60. The van der Waals surface area contributed by atoms with E-state index in [1.165, 1.54) is 12.7 Å². The molecule has 0 aliphatic heterocycles. The lowest BCUT2D eigenvalue weighted by Gasteiger charge is -2.31. The van der Waals surface area contributed by atoms with Gasteiger partial charge < -0.3 is 36.2 Å². The van der Waals surface area contributed by atoms with Gasteiger partial charge in [-0.05, 0) is 56.4 Å². The van der Waals surface area contributed by atoms with Gasteiger partial charge in [-0.2, -0.15) is 0 Å². The molecule has 0 bridgehead atoms. The molecule has 1 aliphatic carbocycles. The first-order valence-electron chi connectivity index (χ1n) is 17.4. The van der Waals surface area contributed by atoms with Crippen LogP contribution >= 0.6 is 0 Å². The van der Waals surface area contributed by atoms with Crippen molar-refractivity contribution in [3.63, 3.8) is 0 Å². The summed E-state index contributed by atoms with van der Waals surface area (Å²) in [4.78, 5) is 42.1. The first-order chi connectivity index (χ1) is 24.0. The average Bonchev–Trinajstić information content (AvgIpc) is 3.78. The zero-order chi connectivity index (χ0) is 35.7. The smallest absolute Gasteiger partial charge is 0.243 e. The molecule has 13 nitrogen and oxygen atoms in total. The van der Waals surface area contributed by atoms with E-state index < -0.39 is 51.1 Å². The van der Waals surface area contributed by atoms with Crippen LogP contribution in [0.2, 0.25) is 0 Å². The number of sulfone groups is 1. The molecule has 14 heteroatoms. The van der Waals surface area contributed by atoms with Gasteiger partial charge in [0.05, 0.1) is 47.0 Å². The minimum atomic E-state index is -3.62. The van der Waals surface area contributed by atoms with Crippen molar-refractivity contribution in [1.82, 2.24) is 30.6 Å². The molecule has 50 heavy (non-hydrogen) atoms. The second kappa shape index (κ2) is 17.1. The summed E-state index contributed by atoms with van der Waals surface area (Å²) in [5, 5.41) is 17.1. The topological polar surface area (TPSA) is 205 Å². The Hall–Kier alpha value is -4.27. The Kier molecular flexibility index (Phi) is 12.7. The number of carbonyl (C=O) groups is 2. The number of fused-ring (bicyclic) bond motifs is 1. The van der Waals surface area contributed by atoms with Crippen LogP contribution in [0.4, 0.5) is 0 Å². The molecule has 2 unspecified atom stereocenters. The van der Waals surface area contributed by atoms with E-state index in [4.69, 9.17) is 10.5 Å². The number of nitrogens with zero attached hydrogens (tertiary/aromatic N) is 2. The Morgan fingerprint density at radius 1 is 1.02 bits per heavy atom. The van der Waals surface area contributed by atoms with E-state index in [1.54, 1.807) is 62.8 Å². The maximum Gasteiger partial charge on any atom is 0.243 e. The number of ether oxygens (including phenoxy) is 1. The number of benzene rings is 1. The quantitative estimate of drug-likeness (QED) is 0.0951. The molecule has 270 valence electrons. The summed E-state index contributed by atoms with van der Waals surface area (Å²) in [5.74, 6) is -0.228. The van der Waals surface area contributed by atoms with Gasteiger partial charge in [0.25, 0.3) is 0 Å². The number of nitrogens with two attached hydrogens (primary N) is 1. The van der Waals surface area contributed by atoms with Gasteiger partial charge in [-0.15, -0.1) is 0 Å². The van der Waals surface area contributed by atoms with Crippen LogP contribution in [-0.2, 0) is 32.3 Å². The number of imidazole rings is 1. The van der Waals surface area contributed by atoms with Gasteiger partial charge in [0.1, 0.15) is 6.04 Å². The van der Waals surface area contributed by atoms with E-state index in [1.807, 2.05) is 6.07 Å². The highest BCUT2D eigenvalue weighted by Crippen LogP contribution is 2.30. The Labute approximate surface area is 293 Å². The number of aromatic amines is 2. The molecular weight excluding hydrogens is 659 g/mol. The number of carbonyl (C=O) groups excluding carboxylic acids is 2. The van der Waals surface area contributed by atoms with E-state index in [9.17, 15) is 23.1 Å². The first kappa shape index (κ1) is 37.0. The number of aliphatic hydroxyl groups excluding tert-OH is 1. The van der Waals surface area contributed by atoms with Crippen molar-refractivity contribution in [2.24, 2.45) is 11.7 Å². The molecule has 5 rings (SSSR count). The van der Waals surface area contributed by atoms with E-state index >= 15 is 0 Å². The second-order valence-corrected chi connectivity index (χ2v) is 15.9. The summed E-state index contributed by atoms with van der Waals surface area (Å²) in [6, 6.07) is 7.66. The maximum atomic E-state index is 14.0. The van der Waals surface area contributed by atoms with Gasteiger partial charge in [0.2, 0.25) is 17.7 Å². The van der Waals surface area contributed by atoms with Crippen molar-refractivity contribution >= 4 is 32.6 Å². The Morgan fingerprint density at radius 2 is 1.82 bits per heavy atom. The van der Waals surface area contributed by atoms with Crippen molar-refractivity contribution in [2.75, 3.05) is 6.61 Å². The van der Waals surface area contributed by atoms with E-state index in [-0.39, 0.29) is 30.8 Å². The molecule has 3 heterocycles. The van der Waals surface area contributed by atoms with Crippen LogP contribution in [0.15, 0.2) is 66.2 Å². The number of amides is 2. The van der Waals surface area contributed by atoms with Gasteiger partial charge in [-0.1, -0.05) is 44.2 Å². The molecule has 0 spiro atoms. The fourth-order valence-corrected chi connectivity index (χ4v) is 7.90. The van der Waals surface area contributed by atoms with Crippen molar-refractivity contribution in [1.29, 1.82) is 0 Å². The van der Waals surface area contributed by atoms with Gasteiger partial charge in [-0.3, -0.25) is 9.59 Å². The molecule has 1 saturated carbocycles. The van der Waals surface area contributed by atoms with Crippen LogP contribution in [0.1, 0.15) is 70.1 Å². The highest BCUT2D eigenvalue weighted by molar-refractivity contribution is 7.92. The highest BCUT2D eigenvalue weighted by Gasteiger charge is 2.32. The Balaban J connectivity index is 1.30. The second-order valence-electron chi connectivity index (χ2n) is 13.5. The third-order valence-electron chi connectivity index (χ3n) is 9.46. The molecule has 4 atom stereocenters. The number of nitrogens with one attached hydrogen (secondary N) is 4. The van der Waals surface area contributed by atoms with Crippen LogP contribution < -0.4 is 21.1 Å². The number of hydrogen-bond donors (Lipinski definition) is 6. The minimum Gasteiger partial charge on any atom is -0.478 e. The third-order valence-corrected chi connectivity index (χ3v) is 11.7. The molecule has 1 aromatic carbocycles. The number of aromatic nitrogens is 4. The number of rotatable bonds is 17. The standard InChI is InChI=1S/C36H49N7O6S/c1-23(2)50(47,48)32-12-8-11-28-34(32)25(20-40-28)18-27(37)35(45)43-30(19-26-21-38-22-41-26)36(46)42-29(17-24-9-4-3-5-10-24)31(44)14-16-49-33-13-6-7-15-39-33/h6-8,11-13,15,20-24,27,29-31,40,44H,3-5,9-10,14,16-19,37H2,1-2H3,(H,38,41)(H,42,46)(H,43,45)/t27?,29-,30?,31-/m0/s1. The van der Waals surface area contributed by atoms with Gasteiger partial charge in [0, 0.05) is 48.4 Å². The van der Waals surface area contributed by atoms with Crippen LogP contribution in [0, 0.1) is 5.92 Å². The summed E-state index contributed by atoms with van der Waals surface area (Å²) in [6.07, 6.45) is 12.0. The fraction of sp³-hybridized carbons (Fsp3) is 0.500. The van der Waals surface area contributed by atoms with Gasteiger partial charge in [0.15, 0.2) is 9.84 Å². The molecule has 0 saturated heterocycles. The average molecular weight is 708 g/mol. The lowest BCUT2D eigenvalue weighted by Crippen LogP contribution is -2.56. The van der Waals surface area contributed by atoms with E-state index in [0.717, 1.165) is 25.7 Å². The first-order valence-corrected chi connectivity index (χ1v) is 19.0. The summed E-state index contributed by atoms with van der Waals surface area (Å²) < 4.78 is 32.1. The predicted octanol–water partition coefficient (Wildman–Crippen LogP) is 3.35. The van der Waals surface area contributed by atoms with E-state index in [0.29, 0.717) is 40.4 Å². The molecule has 2 amide bonds. The van der Waals surface area contributed by atoms with Crippen molar-refractivity contribution in [2.45, 2.75) is 106 Å². The summed E-state index contributed by atoms with van der Waals surface area (Å²) >= 11 is 0. The highest BCUT2D eigenvalue weighted by atomic mass is 32.2. The van der Waals surface area contributed by atoms with E-state index in [2.05, 4.69) is 30.6 Å². The number of H-pyrrole nitrogens is 2.